The molecular weight excluding hydrogens is 1260 g/mol. The van der Waals surface area contributed by atoms with Gasteiger partial charge < -0.3 is 33.8 Å². The van der Waals surface area contributed by atoms with Gasteiger partial charge in [-0.2, -0.15) is 0 Å². The molecule has 0 amide bonds. The Morgan fingerprint density at radius 2 is 0.500 bits per heavy atom. The molecule has 0 aliphatic carbocycles. The SMILES string of the molecule is CCCCCCCCCCCCCCCCC(=O)OC[C@H](COP(=O)(O)OC[C@@H](O)COP(=O)(O)OC[C@@H](COC(=O)CCCCCCCCCCCCCC)OC(=O)CCCCCCCCCCCCCC)OC(=O)CCCCCCCCCCCCCCCCC(C)CC. The molecule has 0 heterocycles. The third-order valence-corrected chi connectivity index (χ3v) is 20.3. The molecule has 6 atom stereocenters. The molecule has 96 heavy (non-hydrogen) atoms. The Hall–Kier alpha value is -1.94. The molecule has 3 N–H and O–H groups in total. The summed E-state index contributed by atoms with van der Waals surface area (Å²) in [5.74, 6) is -1.26. The zero-order valence-corrected chi connectivity index (χ0v) is 64.3. The molecule has 0 saturated carbocycles. The molecule has 0 bridgehead atoms. The Labute approximate surface area is 588 Å². The van der Waals surface area contributed by atoms with E-state index in [2.05, 4.69) is 34.6 Å². The van der Waals surface area contributed by atoms with E-state index in [1.54, 1.807) is 0 Å². The van der Waals surface area contributed by atoms with E-state index in [1.165, 1.54) is 231 Å². The molecule has 570 valence electrons. The first kappa shape index (κ1) is 94.1. The molecule has 0 spiro atoms. The number of carbonyl (C=O) groups excluding carboxylic acids is 4. The highest BCUT2D eigenvalue weighted by atomic mass is 31.2. The second-order valence-electron chi connectivity index (χ2n) is 28.0. The lowest BCUT2D eigenvalue weighted by atomic mass is 9.99. The third-order valence-electron chi connectivity index (χ3n) is 18.4. The van der Waals surface area contributed by atoms with Crippen LogP contribution in [0.4, 0.5) is 0 Å². The van der Waals surface area contributed by atoms with Crippen LogP contribution in [0, 0.1) is 5.92 Å². The zero-order chi connectivity index (χ0) is 70.5. The molecule has 17 nitrogen and oxygen atoms in total. The summed E-state index contributed by atoms with van der Waals surface area (Å²) in [6.45, 7) is 7.36. The topological polar surface area (TPSA) is 237 Å². The van der Waals surface area contributed by atoms with Crippen LogP contribution < -0.4 is 0 Å². The van der Waals surface area contributed by atoms with Crippen molar-refractivity contribution < 1.29 is 80.2 Å². The minimum absolute atomic E-state index is 0.108. The fourth-order valence-corrected chi connectivity index (χ4v) is 13.4. The summed E-state index contributed by atoms with van der Waals surface area (Å²) >= 11 is 0. The monoisotopic (exact) mass is 1410 g/mol. The van der Waals surface area contributed by atoms with Gasteiger partial charge in [-0.15, -0.1) is 0 Å². The highest BCUT2D eigenvalue weighted by molar-refractivity contribution is 7.47. The summed E-state index contributed by atoms with van der Waals surface area (Å²) < 4.78 is 68.6. The van der Waals surface area contributed by atoms with Gasteiger partial charge in [-0.3, -0.25) is 37.3 Å². The van der Waals surface area contributed by atoms with E-state index in [9.17, 15) is 43.2 Å². The van der Waals surface area contributed by atoms with Crippen molar-refractivity contribution in [2.24, 2.45) is 5.92 Å². The van der Waals surface area contributed by atoms with Crippen LogP contribution in [0.25, 0.3) is 0 Å². The first-order valence-electron chi connectivity index (χ1n) is 40.2. The van der Waals surface area contributed by atoms with Crippen molar-refractivity contribution in [1.29, 1.82) is 0 Å². The van der Waals surface area contributed by atoms with Crippen LogP contribution in [0.1, 0.15) is 407 Å². The number of esters is 4. The van der Waals surface area contributed by atoms with Crippen LogP contribution in [0.2, 0.25) is 0 Å². The number of phosphoric ester groups is 2. The van der Waals surface area contributed by atoms with Crippen molar-refractivity contribution in [3.63, 3.8) is 0 Å². The largest absolute Gasteiger partial charge is 0.472 e. The molecular formula is C77H150O17P2. The summed E-state index contributed by atoms with van der Waals surface area (Å²) in [6, 6.07) is 0. The number of hydrogen-bond donors (Lipinski definition) is 3. The van der Waals surface area contributed by atoms with Crippen LogP contribution >= 0.6 is 15.6 Å². The lowest BCUT2D eigenvalue weighted by Crippen LogP contribution is -2.30. The summed E-state index contributed by atoms with van der Waals surface area (Å²) in [6.07, 6.45) is 59.3. The minimum atomic E-state index is -4.96. The van der Waals surface area contributed by atoms with E-state index in [0.717, 1.165) is 95.8 Å². The first-order valence-corrected chi connectivity index (χ1v) is 43.2. The number of rotatable bonds is 77. The minimum Gasteiger partial charge on any atom is -0.462 e. The van der Waals surface area contributed by atoms with E-state index in [-0.39, 0.29) is 25.7 Å². The number of aliphatic hydroxyl groups excluding tert-OH is 1. The molecule has 3 unspecified atom stereocenters. The number of phosphoric acid groups is 2. The summed E-state index contributed by atoms with van der Waals surface area (Å²) in [7, 11) is -9.91. The molecule has 0 fully saturated rings. The summed E-state index contributed by atoms with van der Waals surface area (Å²) in [5, 5.41) is 10.6. The predicted molar refractivity (Wildman–Crippen MR) is 391 cm³/mol. The highest BCUT2D eigenvalue weighted by Crippen LogP contribution is 2.45. The maximum atomic E-state index is 13.1. The number of aliphatic hydroxyl groups is 1. The van der Waals surface area contributed by atoms with Gasteiger partial charge in [0, 0.05) is 25.7 Å². The van der Waals surface area contributed by atoms with Gasteiger partial charge in [-0.05, 0) is 31.6 Å². The molecule has 0 aromatic heterocycles. The van der Waals surface area contributed by atoms with Gasteiger partial charge in [0.15, 0.2) is 12.2 Å². The number of carbonyl (C=O) groups is 4. The fraction of sp³-hybridized carbons (Fsp3) is 0.948. The van der Waals surface area contributed by atoms with E-state index >= 15 is 0 Å². The number of ether oxygens (including phenoxy) is 4. The smallest absolute Gasteiger partial charge is 0.462 e. The van der Waals surface area contributed by atoms with Crippen molar-refractivity contribution in [2.75, 3.05) is 39.6 Å². The standard InChI is InChI=1S/C77H150O17P2/c1-6-10-13-16-19-22-25-28-32-37-41-46-51-56-61-75(80)88-67-73(94-77(82)63-58-53-48-43-38-33-30-29-31-34-39-44-49-54-59-70(5)9-4)69-92-96(85,86)90-65-71(78)64-89-95(83,84)91-68-72(93-76(81)62-57-52-47-42-36-27-24-21-18-15-12-8-3)66-87-74(79)60-55-50-45-40-35-26-23-20-17-14-11-7-2/h70-73,78H,6-69H2,1-5H3,(H,83,84)(H,85,86)/t70?,71-,72+,73+/m0/s1. The van der Waals surface area contributed by atoms with Crippen molar-refractivity contribution in [1.82, 2.24) is 0 Å². The lowest BCUT2D eigenvalue weighted by Gasteiger charge is -2.21. The molecule has 0 saturated heterocycles. The maximum absolute atomic E-state index is 13.1. The second kappa shape index (κ2) is 70.1. The average molecular weight is 1410 g/mol. The number of hydrogen-bond acceptors (Lipinski definition) is 15. The Morgan fingerprint density at radius 3 is 0.740 bits per heavy atom. The Bertz CT molecular complexity index is 1840. The third kappa shape index (κ3) is 69.2. The van der Waals surface area contributed by atoms with Gasteiger partial charge in [0.05, 0.1) is 26.4 Å². The van der Waals surface area contributed by atoms with E-state index in [4.69, 9.17) is 37.0 Å². The molecule has 0 radical (unpaired) electrons. The zero-order valence-electron chi connectivity index (χ0n) is 62.5. The van der Waals surface area contributed by atoms with Crippen molar-refractivity contribution >= 4 is 39.5 Å². The van der Waals surface area contributed by atoms with Crippen molar-refractivity contribution in [3.05, 3.63) is 0 Å². The van der Waals surface area contributed by atoms with Gasteiger partial charge in [0.1, 0.15) is 19.3 Å². The molecule has 0 aromatic rings. The lowest BCUT2D eigenvalue weighted by molar-refractivity contribution is -0.161. The normalized spacial score (nSPS) is 14.2. The fourth-order valence-electron chi connectivity index (χ4n) is 11.8. The Morgan fingerprint density at radius 1 is 0.292 bits per heavy atom. The Balaban J connectivity index is 5.25. The van der Waals surface area contributed by atoms with Crippen LogP contribution in [0.15, 0.2) is 0 Å². The first-order chi connectivity index (χ1) is 46.6. The van der Waals surface area contributed by atoms with Gasteiger partial charge in [-0.1, -0.05) is 356 Å². The van der Waals surface area contributed by atoms with E-state index in [1.807, 2.05) is 0 Å². The number of unbranched alkanes of at least 4 members (excludes halogenated alkanes) is 48. The molecule has 0 aromatic carbocycles. The van der Waals surface area contributed by atoms with Gasteiger partial charge in [0.2, 0.25) is 0 Å². The second-order valence-corrected chi connectivity index (χ2v) is 30.9. The molecule has 0 aliphatic rings. The Kier molecular flexibility index (Phi) is 68.7. The van der Waals surface area contributed by atoms with Crippen molar-refractivity contribution in [3.8, 4) is 0 Å². The van der Waals surface area contributed by atoms with Gasteiger partial charge in [0.25, 0.3) is 0 Å². The molecule has 19 heteroatoms. The van der Waals surface area contributed by atoms with Crippen LogP contribution in [0.5, 0.6) is 0 Å². The molecule has 0 rings (SSSR count). The van der Waals surface area contributed by atoms with Crippen molar-refractivity contribution in [2.45, 2.75) is 425 Å². The van der Waals surface area contributed by atoms with Gasteiger partial charge in [-0.25, -0.2) is 9.13 Å². The summed E-state index contributed by atoms with van der Waals surface area (Å²) in [5.41, 5.74) is 0. The summed E-state index contributed by atoms with van der Waals surface area (Å²) in [4.78, 5) is 72.9. The van der Waals surface area contributed by atoms with Gasteiger partial charge >= 0.3 is 39.5 Å². The quantitative estimate of drug-likeness (QED) is 0.0222. The van der Waals surface area contributed by atoms with E-state index < -0.39 is 97.5 Å². The van der Waals surface area contributed by atoms with Crippen LogP contribution in [-0.4, -0.2) is 96.7 Å². The van der Waals surface area contributed by atoms with E-state index in [0.29, 0.717) is 25.7 Å². The maximum Gasteiger partial charge on any atom is 0.472 e. The molecule has 0 aliphatic heterocycles. The van der Waals surface area contributed by atoms with Crippen LogP contribution in [-0.2, 0) is 65.4 Å². The highest BCUT2D eigenvalue weighted by Gasteiger charge is 2.30. The average Bonchev–Trinajstić information content (AvgIpc) is 1.18. The predicted octanol–water partition coefficient (Wildman–Crippen LogP) is 22.9. The van der Waals surface area contributed by atoms with Crippen LogP contribution in [0.3, 0.4) is 0 Å².